The first kappa shape index (κ1) is 26.7. The molecule has 0 bridgehead atoms. The second kappa shape index (κ2) is 13.9. The lowest BCUT2D eigenvalue weighted by Gasteiger charge is -2.29. The Morgan fingerprint density at radius 2 is 1.46 bits per heavy atom. The molecule has 0 aliphatic carbocycles. The molecule has 2 unspecified atom stereocenters. The van der Waals surface area contributed by atoms with Crippen molar-refractivity contribution in [2.75, 3.05) is 33.9 Å². The summed E-state index contributed by atoms with van der Waals surface area (Å²) in [6.45, 7) is 2.60. The van der Waals surface area contributed by atoms with Crippen LogP contribution in [0.3, 0.4) is 0 Å². The zero-order valence-electron chi connectivity index (χ0n) is 20.9. The fraction of sp³-hybridized carbons (Fsp3) is 0.500. The predicted molar refractivity (Wildman–Crippen MR) is 136 cm³/mol. The lowest BCUT2D eigenvalue weighted by Crippen LogP contribution is -2.46. The van der Waals surface area contributed by atoms with Crippen molar-refractivity contribution in [1.82, 2.24) is 10.2 Å². The van der Waals surface area contributed by atoms with Gasteiger partial charge in [0.05, 0.1) is 20.3 Å². The monoisotopic (exact) mass is 482 g/mol. The number of ether oxygens (including phenoxy) is 2. The van der Waals surface area contributed by atoms with Crippen LogP contribution in [-0.4, -0.2) is 61.6 Å². The molecule has 2 aromatic rings. The number of aliphatic hydroxyl groups excluding tert-OH is 1. The Bertz CT molecular complexity index is 923. The first-order chi connectivity index (χ1) is 17.0. The molecule has 7 nitrogen and oxygen atoms in total. The van der Waals surface area contributed by atoms with E-state index in [-0.39, 0.29) is 17.7 Å². The van der Waals surface area contributed by atoms with E-state index in [1.807, 2.05) is 24.3 Å². The van der Waals surface area contributed by atoms with E-state index in [4.69, 9.17) is 9.47 Å². The van der Waals surface area contributed by atoms with Gasteiger partial charge in [-0.3, -0.25) is 9.59 Å². The number of Topliss-reactive ketones (excluding diaryl/α,β-unsaturated/α-hetero) is 1. The molecule has 1 heterocycles. The van der Waals surface area contributed by atoms with Gasteiger partial charge in [-0.25, -0.2) is 0 Å². The molecule has 0 saturated carbocycles. The molecule has 35 heavy (non-hydrogen) atoms. The van der Waals surface area contributed by atoms with Crippen molar-refractivity contribution >= 4 is 11.7 Å². The number of carbonyl (C=O) groups is 2. The maximum Gasteiger partial charge on any atom is 0.220 e. The van der Waals surface area contributed by atoms with Gasteiger partial charge in [-0.15, -0.1) is 0 Å². The van der Waals surface area contributed by atoms with Crippen LogP contribution < -0.4 is 14.8 Å². The lowest BCUT2D eigenvalue weighted by molar-refractivity contribution is -0.123. The van der Waals surface area contributed by atoms with Crippen LogP contribution in [-0.2, 0) is 4.79 Å². The lowest BCUT2D eigenvalue weighted by atomic mass is 10.0. The molecule has 190 valence electrons. The number of carbonyl (C=O) groups excluding carboxylic acids is 2. The smallest absolute Gasteiger partial charge is 0.220 e. The average molecular weight is 483 g/mol. The second-order valence-corrected chi connectivity index (χ2v) is 9.11. The van der Waals surface area contributed by atoms with Crippen LogP contribution in [0.1, 0.15) is 67.0 Å². The van der Waals surface area contributed by atoms with Crippen molar-refractivity contribution in [1.29, 1.82) is 0 Å². The van der Waals surface area contributed by atoms with Crippen LogP contribution in [0.5, 0.6) is 11.5 Å². The molecule has 0 radical (unpaired) electrons. The number of benzene rings is 2. The van der Waals surface area contributed by atoms with Crippen LogP contribution in [0.4, 0.5) is 0 Å². The summed E-state index contributed by atoms with van der Waals surface area (Å²) in [6, 6.07) is 14.1. The highest BCUT2D eigenvalue weighted by Gasteiger charge is 2.26. The largest absolute Gasteiger partial charge is 0.497 e. The molecular weight excluding hydrogens is 444 g/mol. The van der Waals surface area contributed by atoms with E-state index in [1.165, 1.54) is 0 Å². The predicted octanol–water partition coefficient (Wildman–Crippen LogP) is 4.15. The van der Waals surface area contributed by atoms with E-state index >= 15 is 0 Å². The summed E-state index contributed by atoms with van der Waals surface area (Å²) < 4.78 is 10.3. The van der Waals surface area contributed by atoms with Gasteiger partial charge in [-0.2, -0.15) is 0 Å². The number of ketones is 1. The standard InChI is InChI=1S/C28H38N2O5/c1-34-23-14-10-21(11-15-23)26(31)8-4-3-5-9-27(32)29-25(20-30-18-6-7-19-30)28(33)22-12-16-24(35-2)17-13-22/h10-17,25,28,33H,3-9,18-20H2,1-2H3,(H,29,32). The topological polar surface area (TPSA) is 88.1 Å². The zero-order valence-corrected chi connectivity index (χ0v) is 20.9. The van der Waals surface area contributed by atoms with Crippen molar-refractivity contribution < 1.29 is 24.2 Å². The fourth-order valence-electron chi connectivity index (χ4n) is 4.45. The number of aliphatic hydroxyl groups is 1. The molecule has 0 spiro atoms. The van der Waals surface area contributed by atoms with Gasteiger partial charge in [0.2, 0.25) is 5.91 Å². The molecular formula is C28H38N2O5. The van der Waals surface area contributed by atoms with Gasteiger partial charge in [-0.1, -0.05) is 18.6 Å². The SMILES string of the molecule is COc1ccc(C(=O)CCCCCC(=O)NC(CN2CCCC2)C(O)c2ccc(OC)cc2)cc1. The van der Waals surface area contributed by atoms with Gasteiger partial charge in [-0.05, 0) is 80.7 Å². The van der Waals surface area contributed by atoms with E-state index in [1.54, 1.807) is 38.5 Å². The third-order valence-corrected chi connectivity index (χ3v) is 6.56. The zero-order chi connectivity index (χ0) is 25.0. The molecule has 2 atom stereocenters. The number of nitrogens with zero attached hydrogens (tertiary/aromatic N) is 1. The highest BCUT2D eigenvalue weighted by Crippen LogP contribution is 2.22. The summed E-state index contributed by atoms with van der Waals surface area (Å²) >= 11 is 0. The van der Waals surface area contributed by atoms with Crippen molar-refractivity contribution in [2.45, 2.75) is 57.1 Å². The third kappa shape index (κ3) is 8.37. The molecule has 1 amide bonds. The quantitative estimate of drug-likeness (QED) is 0.311. The van der Waals surface area contributed by atoms with E-state index in [0.29, 0.717) is 31.4 Å². The summed E-state index contributed by atoms with van der Waals surface area (Å²) in [5.41, 5.74) is 1.44. The van der Waals surface area contributed by atoms with Gasteiger partial charge in [0.25, 0.3) is 0 Å². The van der Waals surface area contributed by atoms with Crippen molar-refractivity contribution in [3.63, 3.8) is 0 Å². The highest BCUT2D eigenvalue weighted by atomic mass is 16.5. The Labute approximate surface area is 208 Å². The number of hydrogen-bond acceptors (Lipinski definition) is 6. The maximum atomic E-state index is 12.7. The highest BCUT2D eigenvalue weighted by molar-refractivity contribution is 5.96. The molecule has 7 heteroatoms. The number of amides is 1. The van der Waals surface area contributed by atoms with Gasteiger partial charge < -0.3 is 24.8 Å². The van der Waals surface area contributed by atoms with Gasteiger partial charge in [0.15, 0.2) is 5.78 Å². The number of nitrogens with one attached hydrogen (secondary N) is 1. The van der Waals surface area contributed by atoms with Gasteiger partial charge in [0, 0.05) is 24.9 Å². The third-order valence-electron chi connectivity index (χ3n) is 6.56. The molecule has 3 rings (SSSR count). The molecule has 0 aromatic heterocycles. The van der Waals surface area contributed by atoms with Crippen molar-refractivity contribution in [2.24, 2.45) is 0 Å². The van der Waals surface area contributed by atoms with Gasteiger partial charge in [0.1, 0.15) is 17.6 Å². The fourth-order valence-corrected chi connectivity index (χ4v) is 4.45. The Balaban J connectivity index is 1.45. The summed E-state index contributed by atoms with van der Waals surface area (Å²) in [4.78, 5) is 27.3. The first-order valence-corrected chi connectivity index (χ1v) is 12.5. The minimum atomic E-state index is -0.799. The van der Waals surface area contributed by atoms with Crippen molar-refractivity contribution in [3.8, 4) is 11.5 Å². The number of hydrogen-bond donors (Lipinski definition) is 2. The molecule has 1 aliphatic rings. The van der Waals surface area contributed by atoms with Crippen LogP contribution in [0.25, 0.3) is 0 Å². The number of unbranched alkanes of at least 4 members (excludes halogenated alkanes) is 2. The van der Waals surface area contributed by atoms with Gasteiger partial charge >= 0.3 is 0 Å². The van der Waals surface area contributed by atoms with Crippen molar-refractivity contribution in [3.05, 3.63) is 59.7 Å². The molecule has 1 fully saturated rings. The van der Waals surface area contributed by atoms with Crippen LogP contribution >= 0.6 is 0 Å². The normalized spacial score (nSPS) is 15.4. The van der Waals surface area contributed by atoms with Crippen LogP contribution in [0, 0.1) is 0 Å². The Morgan fingerprint density at radius 3 is 2.06 bits per heavy atom. The Kier molecular flexibility index (Phi) is 10.6. The molecule has 2 N–H and O–H groups in total. The maximum absolute atomic E-state index is 12.7. The van der Waals surface area contributed by atoms with E-state index in [9.17, 15) is 14.7 Å². The minimum absolute atomic E-state index is 0.0664. The molecule has 1 aliphatic heterocycles. The number of rotatable bonds is 14. The summed E-state index contributed by atoms with van der Waals surface area (Å²) in [7, 11) is 3.21. The van der Waals surface area contributed by atoms with E-state index < -0.39 is 6.10 Å². The number of likely N-dealkylation sites (tertiary alicyclic amines) is 1. The van der Waals surface area contributed by atoms with Crippen LogP contribution in [0.2, 0.25) is 0 Å². The summed E-state index contributed by atoms with van der Waals surface area (Å²) in [6.07, 6.45) is 4.58. The molecule has 1 saturated heterocycles. The second-order valence-electron chi connectivity index (χ2n) is 9.11. The van der Waals surface area contributed by atoms with E-state index in [2.05, 4.69) is 10.2 Å². The summed E-state index contributed by atoms with van der Waals surface area (Å²) in [5.74, 6) is 1.49. The average Bonchev–Trinajstić information content (AvgIpc) is 3.41. The van der Waals surface area contributed by atoms with E-state index in [0.717, 1.165) is 55.8 Å². The Hall–Kier alpha value is -2.90. The Morgan fingerprint density at radius 1 is 0.886 bits per heavy atom. The number of methoxy groups -OCH3 is 2. The first-order valence-electron chi connectivity index (χ1n) is 12.5. The minimum Gasteiger partial charge on any atom is -0.497 e. The molecule has 2 aromatic carbocycles. The van der Waals surface area contributed by atoms with Crippen LogP contribution in [0.15, 0.2) is 48.5 Å². The summed E-state index contributed by atoms with van der Waals surface area (Å²) in [5, 5.41) is 14.1.